The molecule has 0 N–H and O–H groups in total. The molecular weight excluding hydrogens is 171 g/mol. The minimum atomic E-state index is -0.429. The number of para-hydroxylation sites is 1. The molecule has 2 nitrogen and oxygen atoms in total. The number of ketones is 1. The quantitative estimate of drug-likeness (QED) is 0.714. The zero-order valence-electron chi connectivity index (χ0n) is 7.63. The van der Waals surface area contributed by atoms with E-state index >= 15 is 0 Å². The van der Waals surface area contributed by atoms with E-state index in [-0.39, 0.29) is 18.0 Å². The van der Waals surface area contributed by atoms with Gasteiger partial charge >= 0.3 is 0 Å². The minimum absolute atomic E-state index is 0.0103. The van der Waals surface area contributed by atoms with Crippen LogP contribution in [0, 0.1) is 5.82 Å². The molecule has 0 fully saturated rings. The van der Waals surface area contributed by atoms with Crippen LogP contribution < -0.4 is 4.74 Å². The fourth-order valence-electron chi connectivity index (χ4n) is 1.19. The van der Waals surface area contributed by atoms with Crippen LogP contribution in [0.5, 0.6) is 5.75 Å². The summed E-state index contributed by atoms with van der Waals surface area (Å²) in [6, 6.07) is 4.56. The standard InChI is InChI=1S/C10H11FO2/c1-7(12)6-8-4-3-5-9(11)10(8)13-2/h3-5H,6H2,1-2H3. The summed E-state index contributed by atoms with van der Waals surface area (Å²) in [5.74, 6) is -0.275. The fourth-order valence-corrected chi connectivity index (χ4v) is 1.19. The number of carbonyl (C=O) groups excluding carboxylic acids is 1. The van der Waals surface area contributed by atoms with Crippen molar-refractivity contribution in [3.8, 4) is 5.75 Å². The molecule has 0 aliphatic carbocycles. The fraction of sp³-hybridized carbons (Fsp3) is 0.300. The lowest BCUT2D eigenvalue weighted by atomic mass is 10.1. The molecule has 0 saturated heterocycles. The van der Waals surface area contributed by atoms with Crippen LogP contribution in [0.2, 0.25) is 0 Å². The van der Waals surface area contributed by atoms with Crippen molar-refractivity contribution in [3.05, 3.63) is 29.6 Å². The zero-order valence-corrected chi connectivity index (χ0v) is 7.63. The van der Waals surface area contributed by atoms with Gasteiger partial charge in [-0.05, 0) is 13.0 Å². The van der Waals surface area contributed by atoms with Gasteiger partial charge in [-0.3, -0.25) is 4.79 Å². The van der Waals surface area contributed by atoms with Gasteiger partial charge in [-0.2, -0.15) is 0 Å². The van der Waals surface area contributed by atoms with Gasteiger partial charge in [-0.15, -0.1) is 0 Å². The van der Waals surface area contributed by atoms with E-state index in [2.05, 4.69) is 0 Å². The molecule has 0 aliphatic heterocycles. The maximum atomic E-state index is 13.1. The van der Waals surface area contributed by atoms with E-state index in [0.717, 1.165) is 0 Å². The maximum absolute atomic E-state index is 13.1. The lowest BCUT2D eigenvalue weighted by Crippen LogP contribution is -2.00. The van der Waals surface area contributed by atoms with E-state index in [4.69, 9.17) is 4.74 Å². The molecule has 0 saturated carbocycles. The molecule has 13 heavy (non-hydrogen) atoms. The summed E-state index contributed by atoms with van der Waals surface area (Å²) >= 11 is 0. The van der Waals surface area contributed by atoms with Crippen molar-refractivity contribution in [2.24, 2.45) is 0 Å². The highest BCUT2D eigenvalue weighted by Gasteiger charge is 2.09. The van der Waals surface area contributed by atoms with Crippen LogP contribution in [0.1, 0.15) is 12.5 Å². The van der Waals surface area contributed by atoms with E-state index in [0.29, 0.717) is 5.56 Å². The Morgan fingerprint density at radius 2 is 2.23 bits per heavy atom. The first-order valence-electron chi connectivity index (χ1n) is 3.96. The summed E-state index contributed by atoms with van der Waals surface area (Å²) in [6.07, 6.45) is 0.209. The Morgan fingerprint density at radius 1 is 1.54 bits per heavy atom. The Labute approximate surface area is 76.3 Å². The molecule has 0 unspecified atom stereocenters. The Morgan fingerprint density at radius 3 is 2.77 bits per heavy atom. The van der Waals surface area contributed by atoms with Crippen molar-refractivity contribution in [3.63, 3.8) is 0 Å². The second-order valence-corrected chi connectivity index (χ2v) is 2.81. The highest BCUT2D eigenvalue weighted by atomic mass is 19.1. The number of Topliss-reactive ketones (excluding diaryl/α,β-unsaturated/α-hetero) is 1. The van der Waals surface area contributed by atoms with E-state index in [1.165, 1.54) is 20.1 Å². The summed E-state index contributed by atoms with van der Waals surface area (Å²) in [5.41, 5.74) is 0.593. The second-order valence-electron chi connectivity index (χ2n) is 2.81. The largest absolute Gasteiger partial charge is 0.493 e. The molecule has 0 spiro atoms. The SMILES string of the molecule is COc1c(F)cccc1CC(C)=O. The van der Waals surface area contributed by atoms with Crippen LogP contribution in [-0.4, -0.2) is 12.9 Å². The van der Waals surface area contributed by atoms with Gasteiger partial charge in [0.1, 0.15) is 5.78 Å². The Bertz CT molecular complexity index is 321. The van der Waals surface area contributed by atoms with Gasteiger partial charge in [-0.1, -0.05) is 12.1 Å². The molecule has 0 aromatic heterocycles. The molecule has 1 rings (SSSR count). The Hall–Kier alpha value is -1.38. The number of hydrogen-bond donors (Lipinski definition) is 0. The summed E-state index contributed by atoms with van der Waals surface area (Å²) in [4.78, 5) is 10.8. The number of halogens is 1. The van der Waals surface area contributed by atoms with E-state index in [1.807, 2.05) is 0 Å². The molecule has 0 radical (unpaired) electrons. The molecule has 1 aromatic rings. The highest BCUT2D eigenvalue weighted by molar-refractivity contribution is 5.78. The Balaban J connectivity index is 3.05. The second kappa shape index (κ2) is 4.03. The molecule has 1 aromatic carbocycles. The van der Waals surface area contributed by atoms with Crippen LogP contribution in [0.15, 0.2) is 18.2 Å². The molecule has 0 aliphatic rings. The average Bonchev–Trinajstić information content (AvgIpc) is 2.03. The topological polar surface area (TPSA) is 26.3 Å². The van der Waals surface area contributed by atoms with Gasteiger partial charge in [0.15, 0.2) is 11.6 Å². The van der Waals surface area contributed by atoms with Crippen molar-refractivity contribution in [1.29, 1.82) is 0 Å². The van der Waals surface area contributed by atoms with Crippen molar-refractivity contribution in [1.82, 2.24) is 0 Å². The minimum Gasteiger partial charge on any atom is -0.493 e. The van der Waals surface area contributed by atoms with Gasteiger partial charge in [-0.25, -0.2) is 4.39 Å². The number of benzene rings is 1. The van der Waals surface area contributed by atoms with Gasteiger partial charge in [0.25, 0.3) is 0 Å². The molecule has 0 bridgehead atoms. The van der Waals surface area contributed by atoms with Crippen LogP contribution in [0.25, 0.3) is 0 Å². The third-order valence-electron chi connectivity index (χ3n) is 1.69. The summed E-state index contributed by atoms with van der Waals surface area (Å²) in [6.45, 7) is 1.46. The van der Waals surface area contributed by atoms with Crippen molar-refractivity contribution in [2.75, 3.05) is 7.11 Å². The van der Waals surface area contributed by atoms with Crippen LogP contribution >= 0.6 is 0 Å². The molecule has 3 heteroatoms. The highest BCUT2D eigenvalue weighted by Crippen LogP contribution is 2.22. The van der Waals surface area contributed by atoms with Crippen molar-refractivity contribution >= 4 is 5.78 Å². The predicted molar refractivity (Wildman–Crippen MR) is 47.3 cm³/mol. The first-order chi connectivity index (χ1) is 6.15. The van der Waals surface area contributed by atoms with Crippen LogP contribution in [0.4, 0.5) is 4.39 Å². The first-order valence-corrected chi connectivity index (χ1v) is 3.96. The average molecular weight is 182 g/mol. The van der Waals surface area contributed by atoms with E-state index in [9.17, 15) is 9.18 Å². The third kappa shape index (κ3) is 2.28. The number of methoxy groups -OCH3 is 1. The van der Waals surface area contributed by atoms with Crippen molar-refractivity contribution < 1.29 is 13.9 Å². The first kappa shape index (κ1) is 9.71. The van der Waals surface area contributed by atoms with Gasteiger partial charge in [0.2, 0.25) is 0 Å². The molecular formula is C10H11FO2. The lowest BCUT2D eigenvalue weighted by Gasteiger charge is -2.06. The van der Waals surface area contributed by atoms with Gasteiger partial charge in [0, 0.05) is 12.0 Å². The smallest absolute Gasteiger partial charge is 0.165 e. The number of rotatable bonds is 3. The molecule has 70 valence electrons. The van der Waals surface area contributed by atoms with Gasteiger partial charge < -0.3 is 4.74 Å². The number of hydrogen-bond acceptors (Lipinski definition) is 2. The maximum Gasteiger partial charge on any atom is 0.165 e. The Kier molecular flexibility index (Phi) is 3.01. The summed E-state index contributed by atoms with van der Waals surface area (Å²) in [5, 5.41) is 0. The van der Waals surface area contributed by atoms with E-state index < -0.39 is 5.82 Å². The van der Waals surface area contributed by atoms with Crippen LogP contribution in [0.3, 0.4) is 0 Å². The van der Waals surface area contributed by atoms with Crippen LogP contribution in [-0.2, 0) is 11.2 Å². The number of carbonyl (C=O) groups is 1. The summed E-state index contributed by atoms with van der Waals surface area (Å²) in [7, 11) is 1.39. The molecule has 0 amide bonds. The summed E-state index contributed by atoms with van der Waals surface area (Å²) < 4.78 is 17.9. The molecule has 0 atom stereocenters. The monoisotopic (exact) mass is 182 g/mol. The van der Waals surface area contributed by atoms with Gasteiger partial charge in [0.05, 0.1) is 7.11 Å². The predicted octanol–water partition coefficient (Wildman–Crippen LogP) is 1.97. The van der Waals surface area contributed by atoms with E-state index in [1.54, 1.807) is 12.1 Å². The lowest BCUT2D eigenvalue weighted by molar-refractivity contribution is -0.116. The zero-order chi connectivity index (χ0) is 9.84. The normalized spacial score (nSPS) is 9.77. The third-order valence-corrected chi connectivity index (χ3v) is 1.69. The number of ether oxygens (including phenoxy) is 1. The molecule has 0 heterocycles. The van der Waals surface area contributed by atoms with Crippen molar-refractivity contribution in [2.45, 2.75) is 13.3 Å².